The number of anilines is 3. The second-order valence-electron chi connectivity index (χ2n) is 12.6. The molecule has 0 unspecified atom stereocenters. The van der Waals surface area contributed by atoms with Crippen LogP contribution in [-0.4, -0.2) is 44.8 Å². The molecule has 252 valence electrons. The highest BCUT2D eigenvalue weighted by Gasteiger charge is 2.55. The zero-order valence-corrected chi connectivity index (χ0v) is 27.3. The van der Waals surface area contributed by atoms with Gasteiger partial charge in [0.1, 0.15) is 0 Å². The number of aromatic hydroxyl groups is 1. The largest absolute Gasteiger partial charge is 0.505 e. The zero-order valence-electron chi connectivity index (χ0n) is 27.3. The summed E-state index contributed by atoms with van der Waals surface area (Å²) in [7, 11) is 0. The number of rotatable bonds is 12. The van der Waals surface area contributed by atoms with Gasteiger partial charge in [-0.15, -0.1) is 0 Å². The van der Waals surface area contributed by atoms with E-state index in [-0.39, 0.29) is 24.8 Å². The maximum atomic E-state index is 14.2. The number of para-hydroxylation sites is 1. The van der Waals surface area contributed by atoms with Crippen LogP contribution in [0.5, 0.6) is 5.75 Å². The number of phenolic OH excluding ortho intramolecular Hbond substituents is 1. The molecule has 9 heteroatoms. The van der Waals surface area contributed by atoms with Crippen molar-refractivity contribution in [1.29, 1.82) is 0 Å². The number of halogens is 1. The Morgan fingerprint density at radius 2 is 1.73 bits per heavy atom. The smallest absolute Gasteiger partial charge is 0.238 e. The summed E-state index contributed by atoms with van der Waals surface area (Å²) in [5.74, 6) is -3.99. The third kappa shape index (κ3) is 7.18. The number of carbonyl (C=O) groups excluding carboxylic acids is 2. The monoisotopic (exact) mass is 661 g/mol. The van der Waals surface area contributed by atoms with Crippen LogP contribution in [0.3, 0.4) is 0 Å². The summed E-state index contributed by atoms with van der Waals surface area (Å²) >= 11 is 0. The van der Waals surface area contributed by atoms with Crippen LogP contribution in [0.15, 0.2) is 108 Å². The lowest BCUT2D eigenvalue weighted by atomic mass is 9.67. The van der Waals surface area contributed by atoms with Gasteiger partial charge in [-0.05, 0) is 109 Å². The summed E-state index contributed by atoms with van der Waals surface area (Å²) in [4.78, 5) is 33.6. The lowest BCUT2D eigenvalue weighted by Gasteiger charge is -2.36. The maximum Gasteiger partial charge on any atom is 0.238 e. The lowest BCUT2D eigenvalue weighted by Crippen LogP contribution is -2.39. The number of aliphatic hydroxyl groups is 2. The Labute approximate surface area is 285 Å². The quantitative estimate of drug-likeness (QED) is 0.0931. The number of pyridine rings is 1. The number of aliphatic hydroxyl groups excluding tert-OH is 2. The Balaban J connectivity index is 1.25. The van der Waals surface area contributed by atoms with Crippen LogP contribution in [0.4, 0.5) is 21.5 Å². The Hall–Kier alpha value is -5.12. The molecule has 4 N–H and O–H groups in total. The second kappa shape index (κ2) is 15.0. The van der Waals surface area contributed by atoms with Gasteiger partial charge in [0.2, 0.25) is 11.8 Å². The lowest BCUT2D eigenvalue weighted by molar-refractivity contribution is -0.123. The third-order valence-corrected chi connectivity index (χ3v) is 9.47. The van der Waals surface area contributed by atoms with E-state index in [0.717, 1.165) is 28.9 Å². The Bertz CT molecular complexity index is 1860. The van der Waals surface area contributed by atoms with E-state index in [2.05, 4.69) is 10.3 Å². The molecule has 2 heterocycles. The molecule has 8 nitrogen and oxygen atoms in total. The Kier molecular flexibility index (Phi) is 10.3. The Morgan fingerprint density at radius 3 is 2.41 bits per heavy atom. The van der Waals surface area contributed by atoms with Crippen LogP contribution >= 0.6 is 0 Å². The third-order valence-electron chi connectivity index (χ3n) is 9.47. The van der Waals surface area contributed by atoms with Crippen LogP contribution in [0, 0.1) is 23.6 Å². The van der Waals surface area contributed by atoms with Crippen molar-refractivity contribution in [1.82, 2.24) is 4.98 Å². The summed E-state index contributed by atoms with van der Waals surface area (Å²) in [6.07, 6.45) is 4.78. The highest BCUT2D eigenvalue weighted by atomic mass is 19.1. The van der Waals surface area contributed by atoms with Crippen LogP contribution < -0.4 is 10.2 Å². The van der Waals surface area contributed by atoms with E-state index in [0.29, 0.717) is 41.8 Å². The van der Waals surface area contributed by atoms with Crippen molar-refractivity contribution in [3.8, 4) is 5.75 Å². The molecule has 0 saturated carbocycles. The number of allylic oxidation sites excluding steroid dienone is 2. The van der Waals surface area contributed by atoms with Crippen LogP contribution in [0.25, 0.3) is 11.6 Å². The first-order valence-corrected chi connectivity index (χ1v) is 16.7. The molecule has 0 bridgehead atoms. The molecular weight excluding hydrogens is 621 g/mol. The van der Waals surface area contributed by atoms with Gasteiger partial charge in [0.15, 0.2) is 11.6 Å². The SMILES string of the molecule is CCCC1=C([C@H](O)CC/C(=C/c2ccc(O)c(F)c2)c2ccccn2)[C@H](CO)[C@@H]2C(=O)N(c3ccc(Nc4ccccc4)cc3)C(=O)[C@@H]2C1. The average molecular weight is 662 g/mol. The highest BCUT2D eigenvalue weighted by molar-refractivity contribution is 6.22. The Morgan fingerprint density at radius 1 is 1.00 bits per heavy atom. The average Bonchev–Trinajstić information content (AvgIpc) is 3.37. The molecule has 1 aromatic heterocycles. The van der Waals surface area contributed by atoms with Gasteiger partial charge in [-0.3, -0.25) is 19.5 Å². The van der Waals surface area contributed by atoms with Crippen molar-refractivity contribution in [3.05, 3.63) is 125 Å². The van der Waals surface area contributed by atoms with Gasteiger partial charge in [0.25, 0.3) is 0 Å². The number of imide groups is 1. The molecular formula is C40H40FN3O5. The molecule has 2 aliphatic rings. The van der Waals surface area contributed by atoms with Crippen molar-refractivity contribution in [2.24, 2.45) is 17.8 Å². The zero-order chi connectivity index (χ0) is 34.5. The number of phenols is 1. The number of nitrogens with one attached hydrogen (secondary N) is 1. The minimum absolute atomic E-state index is 0.251. The van der Waals surface area contributed by atoms with Crippen LogP contribution in [-0.2, 0) is 9.59 Å². The van der Waals surface area contributed by atoms with E-state index < -0.39 is 35.4 Å². The molecule has 1 fully saturated rings. The molecule has 4 aromatic rings. The van der Waals surface area contributed by atoms with Crippen LogP contribution in [0.2, 0.25) is 0 Å². The van der Waals surface area contributed by atoms with Gasteiger partial charge < -0.3 is 20.6 Å². The summed E-state index contributed by atoms with van der Waals surface area (Å²) in [5, 5.41) is 35.5. The summed E-state index contributed by atoms with van der Waals surface area (Å²) < 4.78 is 14.2. The first-order valence-electron chi connectivity index (χ1n) is 16.7. The molecule has 1 saturated heterocycles. The van der Waals surface area contributed by atoms with Crippen molar-refractivity contribution >= 4 is 40.5 Å². The van der Waals surface area contributed by atoms with Crippen molar-refractivity contribution in [2.75, 3.05) is 16.8 Å². The fourth-order valence-electron chi connectivity index (χ4n) is 7.22. The molecule has 4 atom stereocenters. The molecule has 0 spiro atoms. The topological polar surface area (TPSA) is 123 Å². The molecule has 3 aromatic carbocycles. The fraction of sp³-hybridized carbons (Fsp3) is 0.275. The first kappa shape index (κ1) is 33.8. The highest BCUT2D eigenvalue weighted by Crippen LogP contribution is 2.48. The number of amides is 2. The van der Waals surface area contributed by atoms with Gasteiger partial charge in [0.05, 0.1) is 35.9 Å². The van der Waals surface area contributed by atoms with E-state index >= 15 is 0 Å². The van der Waals surface area contributed by atoms with E-state index in [1.807, 2.05) is 61.5 Å². The summed E-state index contributed by atoms with van der Waals surface area (Å²) in [6.45, 7) is 1.64. The number of benzene rings is 3. The summed E-state index contributed by atoms with van der Waals surface area (Å²) in [6, 6.07) is 26.4. The molecule has 0 radical (unpaired) electrons. The van der Waals surface area contributed by atoms with Crippen molar-refractivity contribution < 1.29 is 29.3 Å². The predicted molar refractivity (Wildman–Crippen MR) is 188 cm³/mol. The van der Waals surface area contributed by atoms with E-state index in [9.17, 15) is 29.3 Å². The van der Waals surface area contributed by atoms with E-state index in [1.165, 1.54) is 17.0 Å². The molecule has 1 aliphatic heterocycles. The second-order valence-corrected chi connectivity index (χ2v) is 12.6. The molecule has 49 heavy (non-hydrogen) atoms. The normalized spacial score (nSPS) is 20.0. The van der Waals surface area contributed by atoms with Gasteiger partial charge in [0, 0.05) is 23.5 Å². The van der Waals surface area contributed by atoms with Gasteiger partial charge in [-0.1, -0.05) is 49.2 Å². The van der Waals surface area contributed by atoms with Gasteiger partial charge in [-0.2, -0.15) is 0 Å². The predicted octanol–water partition coefficient (Wildman–Crippen LogP) is 7.27. The van der Waals surface area contributed by atoms with Gasteiger partial charge >= 0.3 is 0 Å². The van der Waals surface area contributed by atoms with E-state index in [1.54, 1.807) is 36.5 Å². The van der Waals surface area contributed by atoms with Crippen molar-refractivity contribution in [2.45, 2.75) is 45.1 Å². The number of nitrogens with zero attached hydrogens (tertiary/aromatic N) is 2. The fourth-order valence-corrected chi connectivity index (χ4v) is 7.22. The first-order chi connectivity index (χ1) is 23.8. The minimum Gasteiger partial charge on any atom is -0.505 e. The molecule has 2 amide bonds. The molecule has 1 aliphatic carbocycles. The maximum absolute atomic E-state index is 14.2. The van der Waals surface area contributed by atoms with Gasteiger partial charge in [-0.25, -0.2) is 4.39 Å². The molecule has 6 rings (SSSR count). The number of aromatic nitrogens is 1. The van der Waals surface area contributed by atoms with Crippen LogP contribution in [0.1, 0.15) is 50.3 Å². The van der Waals surface area contributed by atoms with E-state index in [4.69, 9.17) is 0 Å². The minimum atomic E-state index is -0.997. The number of hydrogen-bond donors (Lipinski definition) is 4. The number of hydrogen-bond acceptors (Lipinski definition) is 7. The summed E-state index contributed by atoms with van der Waals surface area (Å²) in [5.41, 5.74) is 5.67. The van der Waals surface area contributed by atoms with Crippen molar-refractivity contribution in [3.63, 3.8) is 0 Å². The standard InChI is InChI=1S/C40H40FN3O5/c1-2-8-27-23-31-38(40(49)44(39(31)48)30-16-14-29(15-17-30)43-28-9-4-3-5-10-28)32(24-45)37(27)36(47)19-13-26(34-11-6-7-20-42-34)21-25-12-18-35(46)33(41)22-25/h3-7,9-12,14-18,20-22,31-32,36,38,43,45-47H,2,8,13,19,23-24H2,1H3/b26-21-/t31-,32+,36-,38-/m1/s1. The number of carbonyl (C=O) groups is 2. The number of fused-ring (bicyclic) bond motifs is 1.